The summed E-state index contributed by atoms with van der Waals surface area (Å²) >= 11 is 9.45. The summed E-state index contributed by atoms with van der Waals surface area (Å²) in [5, 5.41) is 1.23. The molecule has 5 heteroatoms. The summed E-state index contributed by atoms with van der Waals surface area (Å²) in [6.07, 6.45) is 1.69. The fourth-order valence-corrected chi connectivity index (χ4v) is 2.95. The molecule has 0 amide bonds. The minimum absolute atomic E-state index is 0.150. The van der Waals surface area contributed by atoms with Gasteiger partial charge >= 0.3 is 0 Å². The summed E-state index contributed by atoms with van der Waals surface area (Å²) in [6, 6.07) is 10.8. The maximum atomic E-state index is 12.7. The first-order valence-electron chi connectivity index (χ1n) is 5.94. The van der Waals surface area contributed by atoms with Gasteiger partial charge in [-0.25, -0.2) is 0 Å². The molecule has 3 aromatic rings. The third-order valence-electron chi connectivity index (χ3n) is 3.20. The van der Waals surface area contributed by atoms with Gasteiger partial charge in [0.25, 0.3) is 0 Å². The quantitative estimate of drug-likeness (QED) is 0.532. The molecular formula is C15H10BrClN2O. The van der Waals surface area contributed by atoms with Gasteiger partial charge in [-0.3, -0.25) is 4.79 Å². The highest BCUT2D eigenvalue weighted by atomic mass is 79.9. The van der Waals surface area contributed by atoms with Crippen molar-refractivity contribution in [1.29, 1.82) is 0 Å². The Hall–Kier alpha value is -1.78. The van der Waals surface area contributed by atoms with Crippen molar-refractivity contribution >= 4 is 49.9 Å². The summed E-state index contributed by atoms with van der Waals surface area (Å²) in [5.41, 5.74) is 8.08. The summed E-state index contributed by atoms with van der Waals surface area (Å²) in [5.74, 6) is -0.150. The minimum Gasteiger partial charge on any atom is -0.397 e. The lowest BCUT2D eigenvalue weighted by Gasteiger charge is -2.06. The average molecular weight is 350 g/mol. The lowest BCUT2D eigenvalue weighted by atomic mass is 10.0. The van der Waals surface area contributed by atoms with Crippen molar-refractivity contribution < 1.29 is 4.79 Å². The van der Waals surface area contributed by atoms with E-state index in [-0.39, 0.29) is 5.78 Å². The Bertz CT molecular complexity index is 826. The molecule has 20 heavy (non-hydrogen) atoms. The molecule has 1 heterocycles. The number of nitrogens with one attached hydrogen (secondary N) is 1. The van der Waals surface area contributed by atoms with Gasteiger partial charge < -0.3 is 10.7 Å². The highest BCUT2D eigenvalue weighted by molar-refractivity contribution is 9.10. The number of fused-ring (bicyclic) bond motifs is 1. The number of H-pyrrole nitrogens is 1. The Morgan fingerprint density at radius 1 is 1.15 bits per heavy atom. The molecule has 0 atom stereocenters. The van der Waals surface area contributed by atoms with E-state index in [9.17, 15) is 4.79 Å². The molecule has 0 fully saturated rings. The number of anilines is 1. The lowest BCUT2D eigenvalue weighted by molar-refractivity contribution is 0.104. The number of hydrogen-bond acceptors (Lipinski definition) is 2. The number of hydrogen-bond donors (Lipinski definition) is 2. The van der Waals surface area contributed by atoms with Crippen molar-refractivity contribution in [3.8, 4) is 0 Å². The van der Waals surface area contributed by atoms with Gasteiger partial charge in [0, 0.05) is 32.7 Å². The third kappa shape index (κ3) is 2.01. The number of benzene rings is 2. The Kier molecular flexibility index (Phi) is 3.28. The fourth-order valence-electron chi connectivity index (χ4n) is 2.20. The van der Waals surface area contributed by atoms with E-state index < -0.39 is 0 Å². The van der Waals surface area contributed by atoms with Gasteiger partial charge in [0.2, 0.25) is 0 Å². The van der Waals surface area contributed by atoms with Crippen LogP contribution in [-0.2, 0) is 0 Å². The van der Waals surface area contributed by atoms with E-state index in [4.69, 9.17) is 17.3 Å². The third-order valence-corrected chi connectivity index (χ3v) is 4.19. The number of carbonyl (C=O) groups is 1. The molecule has 1 aromatic heterocycles. The van der Waals surface area contributed by atoms with Gasteiger partial charge in [0.1, 0.15) is 0 Å². The normalized spacial score (nSPS) is 10.9. The highest BCUT2D eigenvalue weighted by Gasteiger charge is 2.18. The summed E-state index contributed by atoms with van der Waals surface area (Å²) in [6.45, 7) is 0. The SMILES string of the molecule is Nc1c(Cl)cccc1C(=O)c1c[nH]c2cccc(Br)c12. The number of aromatic amines is 1. The second kappa shape index (κ2) is 4.96. The largest absolute Gasteiger partial charge is 0.397 e. The first-order valence-corrected chi connectivity index (χ1v) is 7.11. The smallest absolute Gasteiger partial charge is 0.197 e. The Labute approximate surface area is 128 Å². The van der Waals surface area contributed by atoms with E-state index in [1.165, 1.54) is 0 Å². The van der Waals surface area contributed by atoms with Gasteiger partial charge in [-0.2, -0.15) is 0 Å². The molecule has 2 aromatic carbocycles. The van der Waals surface area contributed by atoms with Crippen molar-refractivity contribution in [3.63, 3.8) is 0 Å². The molecule has 0 aliphatic carbocycles. The van der Waals surface area contributed by atoms with Crippen LogP contribution in [0, 0.1) is 0 Å². The fraction of sp³-hybridized carbons (Fsp3) is 0. The van der Waals surface area contributed by atoms with E-state index in [0.717, 1.165) is 15.4 Å². The number of ketones is 1. The second-order valence-electron chi connectivity index (χ2n) is 4.39. The van der Waals surface area contributed by atoms with Gasteiger partial charge in [-0.15, -0.1) is 0 Å². The van der Waals surface area contributed by atoms with Crippen LogP contribution in [0.25, 0.3) is 10.9 Å². The number of carbonyl (C=O) groups excluding carboxylic acids is 1. The molecule has 0 aliphatic rings. The maximum Gasteiger partial charge on any atom is 0.197 e. The van der Waals surface area contributed by atoms with Gasteiger partial charge in [-0.1, -0.05) is 39.7 Å². The number of nitrogen functional groups attached to an aromatic ring is 1. The monoisotopic (exact) mass is 348 g/mol. The summed E-state index contributed by atoms with van der Waals surface area (Å²) in [7, 11) is 0. The zero-order valence-electron chi connectivity index (χ0n) is 10.3. The number of nitrogens with two attached hydrogens (primary N) is 1. The standard InChI is InChI=1S/C15H10BrClN2O/c16-10-4-2-6-12-13(10)9(7-19-12)15(20)8-3-1-5-11(17)14(8)18/h1-7,19H,18H2. The molecular weight excluding hydrogens is 340 g/mol. The maximum absolute atomic E-state index is 12.7. The number of para-hydroxylation sites is 1. The van der Waals surface area contributed by atoms with Gasteiger partial charge in [0.15, 0.2) is 5.78 Å². The van der Waals surface area contributed by atoms with Crippen molar-refractivity contribution in [2.24, 2.45) is 0 Å². The number of rotatable bonds is 2. The molecule has 3 N–H and O–H groups in total. The van der Waals surface area contributed by atoms with Crippen LogP contribution in [0.1, 0.15) is 15.9 Å². The molecule has 0 saturated heterocycles. The zero-order valence-corrected chi connectivity index (χ0v) is 12.6. The first kappa shape index (κ1) is 13.2. The van der Waals surface area contributed by atoms with E-state index in [2.05, 4.69) is 20.9 Å². The Morgan fingerprint density at radius 2 is 1.90 bits per heavy atom. The highest BCUT2D eigenvalue weighted by Crippen LogP contribution is 2.31. The van der Waals surface area contributed by atoms with Gasteiger partial charge in [-0.05, 0) is 24.3 Å². The Morgan fingerprint density at radius 3 is 2.70 bits per heavy atom. The molecule has 0 saturated carbocycles. The molecule has 3 rings (SSSR count). The van der Waals surface area contributed by atoms with E-state index in [1.807, 2.05) is 18.2 Å². The molecule has 0 unspecified atom stereocenters. The topological polar surface area (TPSA) is 58.9 Å². The molecule has 3 nitrogen and oxygen atoms in total. The van der Waals surface area contributed by atoms with E-state index >= 15 is 0 Å². The molecule has 0 bridgehead atoms. The van der Waals surface area contributed by atoms with Crippen LogP contribution in [-0.4, -0.2) is 10.8 Å². The predicted molar refractivity (Wildman–Crippen MR) is 85.3 cm³/mol. The van der Waals surface area contributed by atoms with Crippen LogP contribution < -0.4 is 5.73 Å². The average Bonchev–Trinajstić information content (AvgIpc) is 2.86. The van der Waals surface area contributed by atoms with Crippen LogP contribution in [0.15, 0.2) is 47.1 Å². The van der Waals surface area contributed by atoms with Crippen LogP contribution in [0.5, 0.6) is 0 Å². The van der Waals surface area contributed by atoms with Crippen molar-refractivity contribution in [3.05, 3.63) is 63.2 Å². The minimum atomic E-state index is -0.150. The van der Waals surface area contributed by atoms with Crippen LogP contribution in [0.4, 0.5) is 5.69 Å². The Balaban J connectivity index is 2.21. The van der Waals surface area contributed by atoms with Crippen molar-refractivity contribution in [1.82, 2.24) is 4.98 Å². The van der Waals surface area contributed by atoms with Crippen LogP contribution in [0.3, 0.4) is 0 Å². The second-order valence-corrected chi connectivity index (χ2v) is 5.66. The summed E-state index contributed by atoms with van der Waals surface area (Å²) in [4.78, 5) is 15.8. The summed E-state index contributed by atoms with van der Waals surface area (Å²) < 4.78 is 0.861. The van der Waals surface area contributed by atoms with Gasteiger partial charge in [0.05, 0.1) is 10.7 Å². The molecule has 0 spiro atoms. The predicted octanol–water partition coefficient (Wildman–Crippen LogP) is 4.40. The van der Waals surface area contributed by atoms with Crippen molar-refractivity contribution in [2.75, 3.05) is 5.73 Å². The lowest BCUT2D eigenvalue weighted by Crippen LogP contribution is -2.05. The zero-order chi connectivity index (χ0) is 14.3. The number of aromatic nitrogens is 1. The van der Waals surface area contributed by atoms with E-state index in [0.29, 0.717) is 21.8 Å². The van der Waals surface area contributed by atoms with E-state index in [1.54, 1.807) is 24.4 Å². The molecule has 100 valence electrons. The van der Waals surface area contributed by atoms with Crippen LogP contribution >= 0.6 is 27.5 Å². The first-order chi connectivity index (χ1) is 9.59. The number of halogens is 2. The van der Waals surface area contributed by atoms with Crippen LogP contribution in [0.2, 0.25) is 5.02 Å². The molecule has 0 aliphatic heterocycles. The van der Waals surface area contributed by atoms with Crippen molar-refractivity contribution in [2.45, 2.75) is 0 Å². The molecule has 0 radical (unpaired) electrons.